The SMILES string of the molecule is Cc1cc(C(=O)N(C)Cc2cc(C#CCN)cs2)c(C)o1. The number of nitrogens with two attached hydrogens (primary N) is 1. The van der Waals surface area contributed by atoms with Crippen molar-refractivity contribution in [1.29, 1.82) is 0 Å². The van der Waals surface area contributed by atoms with Gasteiger partial charge in [-0.3, -0.25) is 4.79 Å². The molecule has 0 aromatic carbocycles. The summed E-state index contributed by atoms with van der Waals surface area (Å²) in [6.07, 6.45) is 0. The standard InChI is InChI=1S/C16H18N2O2S/c1-11-7-15(12(2)20-11)16(19)18(3)9-14-8-13(10-21-14)5-4-6-17/h7-8,10H,6,9,17H2,1-3H3. The van der Waals surface area contributed by atoms with Gasteiger partial charge in [-0.1, -0.05) is 11.8 Å². The van der Waals surface area contributed by atoms with Crippen LogP contribution in [0.15, 0.2) is 21.9 Å². The summed E-state index contributed by atoms with van der Waals surface area (Å²) in [6.45, 7) is 4.55. The van der Waals surface area contributed by atoms with E-state index in [4.69, 9.17) is 10.2 Å². The van der Waals surface area contributed by atoms with Gasteiger partial charge >= 0.3 is 0 Å². The van der Waals surface area contributed by atoms with Gasteiger partial charge in [0.05, 0.1) is 18.7 Å². The first kappa shape index (κ1) is 15.4. The summed E-state index contributed by atoms with van der Waals surface area (Å²) >= 11 is 1.59. The third-order valence-corrected chi connectivity index (χ3v) is 3.92. The van der Waals surface area contributed by atoms with E-state index in [1.165, 1.54) is 0 Å². The first-order valence-corrected chi connectivity index (χ1v) is 7.48. The molecule has 21 heavy (non-hydrogen) atoms. The molecule has 0 aliphatic heterocycles. The van der Waals surface area contributed by atoms with E-state index in [1.54, 1.807) is 36.3 Å². The van der Waals surface area contributed by atoms with Crippen LogP contribution in [-0.2, 0) is 6.54 Å². The molecule has 0 radical (unpaired) electrons. The van der Waals surface area contributed by atoms with Crippen LogP contribution >= 0.6 is 11.3 Å². The zero-order chi connectivity index (χ0) is 15.4. The van der Waals surface area contributed by atoms with Gasteiger partial charge in [0.25, 0.3) is 5.91 Å². The quantitative estimate of drug-likeness (QED) is 0.886. The lowest BCUT2D eigenvalue weighted by atomic mass is 10.2. The maximum atomic E-state index is 12.4. The molecule has 2 rings (SSSR count). The number of amides is 1. The third kappa shape index (κ3) is 3.75. The van der Waals surface area contributed by atoms with E-state index >= 15 is 0 Å². The van der Waals surface area contributed by atoms with Crippen molar-refractivity contribution in [2.24, 2.45) is 5.73 Å². The summed E-state index contributed by atoms with van der Waals surface area (Å²) in [5, 5.41) is 1.98. The second-order valence-corrected chi connectivity index (χ2v) is 5.79. The molecule has 2 N–H and O–H groups in total. The van der Waals surface area contributed by atoms with Crippen molar-refractivity contribution in [2.75, 3.05) is 13.6 Å². The number of carbonyl (C=O) groups is 1. The molecule has 0 unspecified atom stereocenters. The Morgan fingerprint density at radius 2 is 2.19 bits per heavy atom. The number of aryl methyl sites for hydroxylation is 2. The number of hydrogen-bond acceptors (Lipinski definition) is 4. The minimum Gasteiger partial charge on any atom is -0.466 e. The van der Waals surface area contributed by atoms with E-state index in [-0.39, 0.29) is 5.91 Å². The van der Waals surface area contributed by atoms with Crippen molar-refractivity contribution in [3.8, 4) is 11.8 Å². The molecule has 2 aromatic rings. The minimum absolute atomic E-state index is 0.0349. The van der Waals surface area contributed by atoms with Gasteiger partial charge in [0, 0.05) is 22.9 Å². The molecule has 110 valence electrons. The van der Waals surface area contributed by atoms with Crippen LogP contribution in [0.4, 0.5) is 0 Å². The van der Waals surface area contributed by atoms with Crippen LogP contribution in [0.3, 0.4) is 0 Å². The van der Waals surface area contributed by atoms with Crippen molar-refractivity contribution in [1.82, 2.24) is 4.90 Å². The summed E-state index contributed by atoms with van der Waals surface area (Å²) < 4.78 is 5.41. The van der Waals surface area contributed by atoms with Crippen LogP contribution < -0.4 is 5.73 Å². The number of thiophene rings is 1. The fourth-order valence-corrected chi connectivity index (χ4v) is 2.91. The van der Waals surface area contributed by atoms with Gasteiger partial charge in [-0.15, -0.1) is 11.3 Å². The highest BCUT2D eigenvalue weighted by Crippen LogP contribution is 2.19. The van der Waals surface area contributed by atoms with Gasteiger partial charge in [-0.2, -0.15) is 0 Å². The Morgan fingerprint density at radius 1 is 1.43 bits per heavy atom. The monoisotopic (exact) mass is 302 g/mol. The van der Waals surface area contributed by atoms with E-state index in [1.807, 2.05) is 18.4 Å². The average Bonchev–Trinajstić information content (AvgIpc) is 3.02. The molecular formula is C16H18N2O2S. The van der Waals surface area contributed by atoms with Crippen molar-refractivity contribution in [3.05, 3.63) is 45.0 Å². The fraction of sp³-hybridized carbons (Fsp3) is 0.312. The molecule has 0 bridgehead atoms. The summed E-state index contributed by atoms with van der Waals surface area (Å²) in [4.78, 5) is 15.2. The highest BCUT2D eigenvalue weighted by Gasteiger charge is 2.18. The number of carbonyl (C=O) groups excluding carboxylic acids is 1. The predicted molar refractivity (Wildman–Crippen MR) is 84.2 cm³/mol. The molecule has 0 aliphatic rings. The van der Waals surface area contributed by atoms with Crippen LogP contribution in [0.25, 0.3) is 0 Å². The second-order valence-electron chi connectivity index (χ2n) is 4.80. The zero-order valence-corrected chi connectivity index (χ0v) is 13.2. The van der Waals surface area contributed by atoms with Gasteiger partial charge in [0.1, 0.15) is 11.5 Å². The fourth-order valence-electron chi connectivity index (χ4n) is 2.04. The average molecular weight is 302 g/mol. The Kier molecular flexibility index (Phi) is 4.84. The van der Waals surface area contributed by atoms with Gasteiger partial charge in [0.2, 0.25) is 0 Å². The predicted octanol–water partition coefficient (Wildman–Crippen LogP) is 2.54. The molecule has 0 atom stereocenters. The Morgan fingerprint density at radius 3 is 2.81 bits per heavy atom. The van der Waals surface area contributed by atoms with E-state index in [0.717, 1.165) is 16.2 Å². The first-order valence-electron chi connectivity index (χ1n) is 6.60. The molecule has 1 amide bonds. The smallest absolute Gasteiger partial charge is 0.257 e. The van der Waals surface area contributed by atoms with E-state index in [0.29, 0.717) is 24.4 Å². The lowest BCUT2D eigenvalue weighted by molar-refractivity contribution is 0.0784. The Balaban J connectivity index is 2.07. The summed E-state index contributed by atoms with van der Waals surface area (Å²) in [6, 6.07) is 3.77. The number of nitrogens with zero attached hydrogens (tertiary/aromatic N) is 1. The highest BCUT2D eigenvalue weighted by atomic mass is 32.1. The second kappa shape index (κ2) is 6.61. The Bertz CT molecular complexity index is 703. The summed E-state index contributed by atoms with van der Waals surface area (Å²) in [7, 11) is 1.79. The van der Waals surface area contributed by atoms with Crippen LogP contribution in [-0.4, -0.2) is 24.4 Å². The van der Waals surface area contributed by atoms with E-state index in [2.05, 4.69) is 11.8 Å². The number of rotatable bonds is 3. The molecule has 0 spiro atoms. The van der Waals surface area contributed by atoms with E-state index in [9.17, 15) is 4.79 Å². The molecule has 4 nitrogen and oxygen atoms in total. The molecule has 2 aromatic heterocycles. The number of hydrogen-bond donors (Lipinski definition) is 1. The lowest BCUT2D eigenvalue weighted by Crippen LogP contribution is -2.25. The highest BCUT2D eigenvalue weighted by molar-refractivity contribution is 7.10. The largest absolute Gasteiger partial charge is 0.466 e. The lowest BCUT2D eigenvalue weighted by Gasteiger charge is -2.15. The van der Waals surface area contributed by atoms with Crippen LogP contribution in [0.5, 0.6) is 0 Å². The summed E-state index contributed by atoms with van der Waals surface area (Å²) in [5.74, 6) is 7.18. The normalized spacial score (nSPS) is 10.1. The molecule has 0 fully saturated rings. The Hall–Kier alpha value is -2.03. The van der Waals surface area contributed by atoms with E-state index < -0.39 is 0 Å². The van der Waals surface area contributed by atoms with Gasteiger partial charge in [-0.25, -0.2) is 0 Å². The van der Waals surface area contributed by atoms with Crippen LogP contribution in [0.2, 0.25) is 0 Å². The minimum atomic E-state index is -0.0349. The van der Waals surface area contributed by atoms with Gasteiger partial charge in [0.15, 0.2) is 0 Å². The molecule has 0 saturated heterocycles. The summed E-state index contributed by atoms with van der Waals surface area (Å²) in [5.41, 5.74) is 6.91. The molecule has 0 aliphatic carbocycles. The molecular weight excluding hydrogens is 284 g/mol. The van der Waals surface area contributed by atoms with Crippen molar-refractivity contribution < 1.29 is 9.21 Å². The maximum Gasteiger partial charge on any atom is 0.257 e. The van der Waals surface area contributed by atoms with Crippen LogP contribution in [0, 0.1) is 25.7 Å². The molecule has 2 heterocycles. The third-order valence-electron chi connectivity index (χ3n) is 3.00. The van der Waals surface area contributed by atoms with Crippen molar-refractivity contribution >= 4 is 17.2 Å². The van der Waals surface area contributed by atoms with Gasteiger partial charge in [-0.05, 0) is 26.0 Å². The van der Waals surface area contributed by atoms with Crippen molar-refractivity contribution in [3.63, 3.8) is 0 Å². The molecule has 0 saturated carbocycles. The van der Waals surface area contributed by atoms with Gasteiger partial charge < -0.3 is 15.1 Å². The topological polar surface area (TPSA) is 59.5 Å². The van der Waals surface area contributed by atoms with Crippen LogP contribution in [0.1, 0.15) is 32.3 Å². The first-order chi connectivity index (χ1) is 10.0. The molecule has 5 heteroatoms. The number of furan rings is 1. The maximum absolute atomic E-state index is 12.4. The van der Waals surface area contributed by atoms with Crippen molar-refractivity contribution in [2.45, 2.75) is 20.4 Å². The zero-order valence-electron chi connectivity index (χ0n) is 12.4. The Labute approximate surface area is 128 Å².